The molecule has 0 bridgehead atoms. The smallest absolute Gasteiger partial charge is 0.223 e. The van der Waals surface area contributed by atoms with E-state index in [0.29, 0.717) is 0 Å². The fourth-order valence-electron chi connectivity index (χ4n) is 1.39. The first-order chi connectivity index (χ1) is 7.33. The predicted octanol–water partition coefficient (Wildman–Crippen LogP) is 2.83. The fraction of sp³-hybridized carbons (Fsp3) is 0.462. The zero-order valence-corrected chi connectivity index (χ0v) is 10.2. The van der Waals surface area contributed by atoms with Gasteiger partial charge in [0, 0.05) is 5.92 Å². The molecule has 1 amide bonds. The molecule has 0 spiro atoms. The summed E-state index contributed by atoms with van der Waals surface area (Å²) in [5.74, 6) is -0.330. The van der Waals surface area contributed by atoms with Gasteiger partial charge in [0.25, 0.3) is 0 Å². The highest BCUT2D eigenvalue weighted by molar-refractivity contribution is 5.78. The number of amides is 1. The second-order valence-electron chi connectivity index (χ2n) is 4.78. The summed E-state index contributed by atoms with van der Waals surface area (Å²) < 4.78 is 12.8. The summed E-state index contributed by atoms with van der Waals surface area (Å²) in [6, 6.07) is 6.18. The van der Waals surface area contributed by atoms with Crippen molar-refractivity contribution >= 4 is 5.91 Å². The van der Waals surface area contributed by atoms with Crippen LogP contribution < -0.4 is 5.32 Å². The zero-order chi connectivity index (χ0) is 12.3. The molecule has 0 radical (unpaired) electrons. The predicted molar refractivity (Wildman–Crippen MR) is 62.4 cm³/mol. The number of hydrogen-bond donors (Lipinski definition) is 1. The summed E-state index contributed by atoms with van der Waals surface area (Å²) in [7, 11) is 0. The lowest BCUT2D eigenvalue weighted by Crippen LogP contribution is -2.42. The molecule has 0 saturated heterocycles. The molecule has 0 atom stereocenters. The second-order valence-corrected chi connectivity index (χ2v) is 4.78. The molecule has 0 aliphatic heterocycles. The van der Waals surface area contributed by atoms with Crippen LogP contribution in [0, 0.1) is 11.7 Å². The van der Waals surface area contributed by atoms with Gasteiger partial charge in [0.15, 0.2) is 0 Å². The van der Waals surface area contributed by atoms with E-state index < -0.39 is 5.54 Å². The standard InChI is InChI=1S/C13H18FNO/c1-9(2)12(16)15-13(3,4)10-5-7-11(14)8-6-10/h5-9H,1-4H3,(H,15,16). The van der Waals surface area contributed by atoms with Crippen molar-refractivity contribution in [2.45, 2.75) is 33.2 Å². The molecule has 0 fully saturated rings. The van der Waals surface area contributed by atoms with Crippen LogP contribution >= 0.6 is 0 Å². The van der Waals surface area contributed by atoms with E-state index in [9.17, 15) is 9.18 Å². The minimum absolute atomic E-state index is 0.00525. The molecule has 0 aromatic heterocycles. The quantitative estimate of drug-likeness (QED) is 0.838. The first-order valence-corrected chi connectivity index (χ1v) is 5.41. The Balaban J connectivity index is 2.85. The topological polar surface area (TPSA) is 29.1 Å². The number of carbonyl (C=O) groups is 1. The Morgan fingerprint density at radius 2 is 1.75 bits per heavy atom. The van der Waals surface area contributed by atoms with E-state index in [-0.39, 0.29) is 17.6 Å². The fourth-order valence-corrected chi connectivity index (χ4v) is 1.39. The van der Waals surface area contributed by atoms with E-state index in [2.05, 4.69) is 5.32 Å². The molecule has 88 valence electrons. The van der Waals surface area contributed by atoms with Gasteiger partial charge < -0.3 is 5.32 Å². The van der Waals surface area contributed by atoms with Gasteiger partial charge in [0.05, 0.1) is 5.54 Å². The van der Waals surface area contributed by atoms with E-state index in [1.807, 2.05) is 27.7 Å². The van der Waals surface area contributed by atoms with Crippen molar-refractivity contribution in [3.8, 4) is 0 Å². The maximum Gasteiger partial charge on any atom is 0.223 e. The highest BCUT2D eigenvalue weighted by atomic mass is 19.1. The maximum absolute atomic E-state index is 12.8. The van der Waals surface area contributed by atoms with Crippen LogP contribution in [0.2, 0.25) is 0 Å². The molecule has 0 aliphatic carbocycles. The maximum atomic E-state index is 12.8. The summed E-state index contributed by atoms with van der Waals surface area (Å²) in [5.41, 5.74) is 0.414. The van der Waals surface area contributed by atoms with Gasteiger partial charge in [-0.3, -0.25) is 4.79 Å². The van der Waals surface area contributed by atoms with Crippen molar-refractivity contribution in [1.29, 1.82) is 0 Å². The minimum atomic E-state index is -0.477. The van der Waals surface area contributed by atoms with E-state index in [4.69, 9.17) is 0 Å². The van der Waals surface area contributed by atoms with Crippen molar-refractivity contribution in [3.05, 3.63) is 35.6 Å². The molecule has 0 saturated carbocycles. The molecule has 16 heavy (non-hydrogen) atoms. The van der Waals surface area contributed by atoms with Gasteiger partial charge in [-0.25, -0.2) is 4.39 Å². The number of halogens is 1. The molecule has 0 unspecified atom stereocenters. The molecule has 0 aliphatic rings. The summed E-state index contributed by atoms with van der Waals surface area (Å²) in [4.78, 5) is 11.6. The average Bonchev–Trinajstić information content (AvgIpc) is 2.17. The van der Waals surface area contributed by atoms with Gasteiger partial charge in [-0.2, -0.15) is 0 Å². The van der Waals surface area contributed by atoms with Gasteiger partial charge in [-0.1, -0.05) is 26.0 Å². The lowest BCUT2D eigenvalue weighted by atomic mass is 9.93. The van der Waals surface area contributed by atoms with E-state index in [1.54, 1.807) is 12.1 Å². The van der Waals surface area contributed by atoms with Crippen molar-refractivity contribution in [1.82, 2.24) is 5.32 Å². The lowest BCUT2D eigenvalue weighted by molar-refractivity contribution is -0.125. The number of nitrogens with one attached hydrogen (secondary N) is 1. The van der Waals surface area contributed by atoms with Crippen LogP contribution in [0.5, 0.6) is 0 Å². The van der Waals surface area contributed by atoms with Crippen molar-refractivity contribution in [3.63, 3.8) is 0 Å². The van der Waals surface area contributed by atoms with Gasteiger partial charge in [0.2, 0.25) is 5.91 Å². The van der Waals surface area contributed by atoms with Crippen molar-refractivity contribution in [2.24, 2.45) is 5.92 Å². The van der Waals surface area contributed by atoms with Crippen LogP contribution in [-0.2, 0) is 10.3 Å². The lowest BCUT2D eigenvalue weighted by Gasteiger charge is -2.28. The van der Waals surface area contributed by atoms with Gasteiger partial charge >= 0.3 is 0 Å². The van der Waals surface area contributed by atoms with Gasteiger partial charge in [-0.05, 0) is 31.5 Å². The molecule has 1 aromatic rings. The molecule has 1 rings (SSSR count). The Bertz CT molecular complexity index is 368. The molecule has 3 heteroatoms. The Hall–Kier alpha value is -1.38. The SMILES string of the molecule is CC(C)C(=O)NC(C)(C)c1ccc(F)cc1. The largest absolute Gasteiger partial charge is 0.347 e. The van der Waals surface area contributed by atoms with Crippen LogP contribution in [0.25, 0.3) is 0 Å². The summed E-state index contributed by atoms with van der Waals surface area (Å²) in [6.45, 7) is 7.49. The highest BCUT2D eigenvalue weighted by Crippen LogP contribution is 2.20. The Labute approximate surface area is 95.9 Å². The first kappa shape index (κ1) is 12.7. The molecule has 1 N–H and O–H groups in total. The number of carbonyl (C=O) groups excluding carboxylic acids is 1. The van der Waals surface area contributed by atoms with Crippen LogP contribution in [-0.4, -0.2) is 5.91 Å². The van der Waals surface area contributed by atoms with Crippen molar-refractivity contribution < 1.29 is 9.18 Å². The third-order valence-electron chi connectivity index (χ3n) is 2.53. The van der Waals surface area contributed by atoms with Gasteiger partial charge in [-0.15, -0.1) is 0 Å². The Kier molecular flexibility index (Phi) is 3.68. The molecular weight excluding hydrogens is 205 g/mol. The van der Waals surface area contributed by atoms with Crippen LogP contribution in [0.3, 0.4) is 0 Å². The number of benzene rings is 1. The molecule has 1 aromatic carbocycles. The van der Waals surface area contributed by atoms with Crippen LogP contribution in [0.15, 0.2) is 24.3 Å². The number of hydrogen-bond acceptors (Lipinski definition) is 1. The molecule has 0 heterocycles. The molecular formula is C13H18FNO. The average molecular weight is 223 g/mol. The number of rotatable bonds is 3. The van der Waals surface area contributed by atoms with Crippen molar-refractivity contribution in [2.75, 3.05) is 0 Å². The van der Waals surface area contributed by atoms with Gasteiger partial charge in [0.1, 0.15) is 5.82 Å². The Morgan fingerprint density at radius 1 is 1.25 bits per heavy atom. The second kappa shape index (κ2) is 4.64. The normalized spacial score (nSPS) is 11.6. The summed E-state index contributed by atoms with van der Waals surface area (Å²) >= 11 is 0. The third kappa shape index (κ3) is 3.05. The monoisotopic (exact) mass is 223 g/mol. The Morgan fingerprint density at radius 3 is 2.19 bits per heavy atom. The highest BCUT2D eigenvalue weighted by Gasteiger charge is 2.23. The zero-order valence-electron chi connectivity index (χ0n) is 10.2. The van der Waals surface area contributed by atoms with E-state index in [0.717, 1.165) is 5.56 Å². The summed E-state index contributed by atoms with van der Waals surface area (Å²) in [5, 5.41) is 2.93. The minimum Gasteiger partial charge on any atom is -0.347 e. The first-order valence-electron chi connectivity index (χ1n) is 5.41. The van der Waals surface area contributed by atoms with Crippen LogP contribution in [0.4, 0.5) is 4.39 Å². The molecule has 2 nitrogen and oxygen atoms in total. The van der Waals surface area contributed by atoms with E-state index >= 15 is 0 Å². The third-order valence-corrected chi connectivity index (χ3v) is 2.53. The summed E-state index contributed by atoms with van der Waals surface area (Å²) in [6.07, 6.45) is 0. The van der Waals surface area contributed by atoms with Crippen LogP contribution in [0.1, 0.15) is 33.3 Å². The van der Waals surface area contributed by atoms with E-state index in [1.165, 1.54) is 12.1 Å².